The third-order valence-electron chi connectivity index (χ3n) is 3.12. The number of ether oxygens (including phenoxy) is 1. The highest BCUT2D eigenvalue weighted by Crippen LogP contribution is 2.48. The van der Waals surface area contributed by atoms with Crippen molar-refractivity contribution >= 4 is 17.6 Å². The first-order valence-corrected chi connectivity index (χ1v) is 5.29. The molecule has 1 amide bonds. The Morgan fingerprint density at radius 1 is 1.47 bits per heavy atom. The van der Waals surface area contributed by atoms with Gasteiger partial charge in [-0.25, -0.2) is 4.98 Å². The van der Waals surface area contributed by atoms with Crippen molar-refractivity contribution in [3.05, 3.63) is 17.8 Å². The molecule has 1 aliphatic heterocycles. The van der Waals surface area contributed by atoms with E-state index in [1.54, 1.807) is 12.1 Å². The maximum atomic E-state index is 11.2. The van der Waals surface area contributed by atoms with E-state index in [0.29, 0.717) is 30.1 Å². The standard InChI is InChI=1S/C11H10N2O4/c14-8-5-17-9-6(12-8)1-2-7(13-9)11(3-4-11)10(15)16/h1-2H,3-5H2,(H,12,14)(H,15,16). The number of nitrogens with zero attached hydrogens (tertiary/aromatic N) is 1. The number of anilines is 1. The van der Waals surface area contributed by atoms with Crippen molar-refractivity contribution < 1.29 is 19.4 Å². The van der Waals surface area contributed by atoms with E-state index in [-0.39, 0.29) is 12.5 Å². The average Bonchev–Trinajstić information content (AvgIpc) is 3.09. The summed E-state index contributed by atoms with van der Waals surface area (Å²) >= 11 is 0. The quantitative estimate of drug-likeness (QED) is 0.779. The molecule has 0 atom stereocenters. The van der Waals surface area contributed by atoms with Crippen molar-refractivity contribution in [1.82, 2.24) is 4.98 Å². The molecule has 1 aromatic rings. The number of carboxylic acid groups (broad SMARTS) is 1. The third-order valence-corrected chi connectivity index (χ3v) is 3.12. The molecule has 3 rings (SSSR count). The first-order chi connectivity index (χ1) is 8.12. The van der Waals surface area contributed by atoms with Gasteiger partial charge in [0.25, 0.3) is 5.91 Å². The fraction of sp³-hybridized carbons (Fsp3) is 0.364. The van der Waals surface area contributed by atoms with E-state index in [2.05, 4.69) is 10.3 Å². The van der Waals surface area contributed by atoms with Crippen LogP contribution in [-0.2, 0) is 15.0 Å². The second-order valence-electron chi connectivity index (χ2n) is 4.27. The molecular formula is C11H10N2O4. The van der Waals surface area contributed by atoms with Crippen LogP contribution < -0.4 is 10.1 Å². The molecule has 1 fully saturated rings. The van der Waals surface area contributed by atoms with Crippen molar-refractivity contribution in [2.45, 2.75) is 18.3 Å². The number of rotatable bonds is 2. The van der Waals surface area contributed by atoms with Crippen molar-refractivity contribution in [2.75, 3.05) is 11.9 Å². The topological polar surface area (TPSA) is 88.5 Å². The van der Waals surface area contributed by atoms with E-state index in [1.165, 1.54) is 0 Å². The molecule has 1 aromatic heterocycles. The maximum Gasteiger partial charge on any atom is 0.315 e. The minimum absolute atomic E-state index is 0.0798. The molecular weight excluding hydrogens is 224 g/mol. The monoisotopic (exact) mass is 234 g/mol. The summed E-state index contributed by atoms with van der Waals surface area (Å²) in [4.78, 5) is 26.4. The first kappa shape index (κ1) is 10.1. The Balaban J connectivity index is 1.99. The smallest absolute Gasteiger partial charge is 0.315 e. The summed E-state index contributed by atoms with van der Waals surface area (Å²) < 4.78 is 5.16. The number of fused-ring (bicyclic) bond motifs is 1. The van der Waals surface area contributed by atoms with Crippen LogP contribution in [0.5, 0.6) is 5.88 Å². The number of pyridine rings is 1. The summed E-state index contributed by atoms with van der Waals surface area (Å²) in [6, 6.07) is 3.27. The van der Waals surface area contributed by atoms with Crippen LogP contribution in [0, 0.1) is 0 Å². The van der Waals surface area contributed by atoms with Crippen LogP contribution in [0.3, 0.4) is 0 Å². The summed E-state index contributed by atoms with van der Waals surface area (Å²) in [6.07, 6.45) is 1.20. The highest BCUT2D eigenvalue weighted by atomic mass is 16.5. The Bertz CT molecular complexity index is 522. The molecule has 2 N–H and O–H groups in total. The van der Waals surface area contributed by atoms with Crippen molar-refractivity contribution in [1.29, 1.82) is 0 Å². The summed E-state index contributed by atoms with van der Waals surface area (Å²) in [5.74, 6) is -0.786. The van der Waals surface area contributed by atoms with Crippen LogP contribution in [0.4, 0.5) is 5.69 Å². The number of hydrogen-bond donors (Lipinski definition) is 2. The van der Waals surface area contributed by atoms with E-state index >= 15 is 0 Å². The van der Waals surface area contributed by atoms with Gasteiger partial charge in [-0.05, 0) is 25.0 Å². The molecule has 6 nitrogen and oxygen atoms in total. The fourth-order valence-corrected chi connectivity index (χ4v) is 1.94. The van der Waals surface area contributed by atoms with Gasteiger partial charge in [-0.1, -0.05) is 0 Å². The van der Waals surface area contributed by atoms with Crippen LogP contribution in [0.1, 0.15) is 18.5 Å². The molecule has 0 spiro atoms. The van der Waals surface area contributed by atoms with Gasteiger partial charge in [0, 0.05) is 0 Å². The van der Waals surface area contributed by atoms with Crippen molar-refractivity contribution in [3.63, 3.8) is 0 Å². The lowest BCUT2D eigenvalue weighted by Crippen LogP contribution is -2.27. The molecule has 0 radical (unpaired) electrons. The minimum Gasteiger partial charge on any atom is -0.481 e. The first-order valence-electron chi connectivity index (χ1n) is 5.29. The number of amides is 1. The van der Waals surface area contributed by atoms with Crippen LogP contribution in [-0.4, -0.2) is 28.6 Å². The number of carbonyl (C=O) groups is 2. The largest absolute Gasteiger partial charge is 0.481 e. The molecule has 2 heterocycles. The predicted molar refractivity (Wildman–Crippen MR) is 56.9 cm³/mol. The van der Waals surface area contributed by atoms with Gasteiger partial charge in [-0.3, -0.25) is 9.59 Å². The molecule has 1 saturated carbocycles. The second-order valence-corrected chi connectivity index (χ2v) is 4.27. The molecule has 2 aliphatic rings. The third kappa shape index (κ3) is 1.44. The van der Waals surface area contributed by atoms with Crippen molar-refractivity contribution in [3.8, 4) is 5.88 Å². The second kappa shape index (κ2) is 3.19. The Morgan fingerprint density at radius 3 is 2.88 bits per heavy atom. The normalized spacial score (nSPS) is 19.9. The van der Waals surface area contributed by atoms with E-state index < -0.39 is 11.4 Å². The molecule has 88 valence electrons. The van der Waals surface area contributed by atoms with E-state index in [4.69, 9.17) is 9.84 Å². The van der Waals surface area contributed by atoms with Gasteiger partial charge in [0.1, 0.15) is 11.1 Å². The van der Waals surface area contributed by atoms with Crippen LogP contribution in [0.15, 0.2) is 12.1 Å². The lowest BCUT2D eigenvalue weighted by atomic mass is 10.0. The lowest BCUT2D eigenvalue weighted by molar-refractivity contribution is -0.140. The van der Waals surface area contributed by atoms with Gasteiger partial charge in [-0.15, -0.1) is 0 Å². The number of carboxylic acids is 1. The number of nitrogens with one attached hydrogen (secondary N) is 1. The maximum absolute atomic E-state index is 11.2. The number of aromatic nitrogens is 1. The number of hydrogen-bond acceptors (Lipinski definition) is 4. The Kier molecular flexibility index (Phi) is 1.89. The summed E-state index contributed by atoms with van der Waals surface area (Å²) in [6.45, 7) is -0.0798. The average molecular weight is 234 g/mol. The van der Waals surface area contributed by atoms with Gasteiger partial charge >= 0.3 is 5.97 Å². The number of aliphatic carboxylic acids is 1. The zero-order valence-corrected chi connectivity index (χ0v) is 8.90. The van der Waals surface area contributed by atoms with Crippen LogP contribution >= 0.6 is 0 Å². The van der Waals surface area contributed by atoms with Gasteiger partial charge in [0.15, 0.2) is 6.61 Å². The van der Waals surface area contributed by atoms with Crippen LogP contribution in [0.25, 0.3) is 0 Å². The molecule has 1 aliphatic carbocycles. The summed E-state index contributed by atoms with van der Waals surface area (Å²) in [5.41, 5.74) is 0.144. The highest BCUT2D eigenvalue weighted by Gasteiger charge is 2.53. The van der Waals surface area contributed by atoms with Gasteiger partial charge < -0.3 is 15.2 Å². The number of carbonyl (C=O) groups excluding carboxylic acids is 1. The van der Waals surface area contributed by atoms with E-state index in [1.807, 2.05) is 0 Å². The minimum atomic E-state index is -0.857. The summed E-state index contributed by atoms with van der Waals surface area (Å²) in [7, 11) is 0. The van der Waals surface area contributed by atoms with E-state index in [0.717, 1.165) is 0 Å². The molecule has 6 heteroatoms. The Morgan fingerprint density at radius 2 is 2.24 bits per heavy atom. The fourth-order valence-electron chi connectivity index (χ4n) is 1.94. The zero-order chi connectivity index (χ0) is 12.0. The molecule has 0 unspecified atom stereocenters. The Hall–Kier alpha value is -2.11. The molecule has 0 bridgehead atoms. The summed E-state index contributed by atoms with van der Waals surface area (Å²) in [5, 5.41) is 11.8. The van der Waals surface area contributed by atoms with Gasteiger partial charge in [0.05, 0.1) is 5.69 Å². The van der Waals surface area contributed by atoms with Crippen molar-refractivity contribution in [2.24, 2.45) is 0 Å². The lowest BCUT2D eigenvalue weighted by Gasteiger charge is -2.18. The molecule has 17 heavy (non-hydrogen) atoms. The SMILES string of the molecule is O=C1COc2nc(C3(C(=O)O)CC3)ccc2N1. The van der Waals surface area contributed by atoms with E-state index in [9.17, 15) is 9.59 Å². The zero-order valence-electron chi connectivity index (χ0n) is 8.90. The predicted octanol–water partition coefficient (Wildman–Crippen LogP) is 0.529. The van der Waals surface area contributed by atoms with Crippen LogP contribution in [0.2, 0.25) is 0 Å². The molecule has 0 aromatic carbocycles. The van der Waals surface area contributed by atoms with Gasteiger partial charge in [-0.2, -0.15) is 0 Å². The highest BCUT2D eigenvalue weighted by molar-refractivity contribution is 5.95. The Labute approximate surface area is 96.6 Å². The molecule has 0 saturated heterocycles. The van der Waals surface area contributed by atoms with Gasteiger partial charge in [0.2, 0.25) is 5.88 Å².